The minimum atomic E-state index is -0.185. The highest BCUT2D eigenvalue weighted by molar-refractivity contribution is 7.71. The first-order valence-corrected chi connectivity index (χ1v) is 9.69. The Labute approximate surface area is 174 Å². The van der Waals surface area contributed by atoms with Gasteiger partial charge in [-0.15, -0.1) is 0 Å². The summed E-state index contributed by atoms with van der Waals surface area (Å²) in [5.74, 6) is 0.693. The summed E-state index contributed by atoms with van der Waals surface area (Å²) in [4.78, 5) is 29.9. The molecule has 29 heavy (non-hydrogen) atoms. The molecule has 1 heterocycles. The number of nitrogens with zero attached hydrogens (tertiary/aromatic N) is 2. The van der Waals surface area contributed by atoms with Crippen molar-refractivity contribution in [2.24, 2.45) is 0 Å². The van der Waals surface area contributed by atoms with E-state index < -0.39 is 0 Å². The van der Waals surface area contributed by atoms with Crippen LogP contribution in [0.2, 0.25) is 0 Å². The second-order valence-electron chi connectivity index (χ2n) is 6.68. The van der Waals surface area contributed by atoms with Gasteiger partial charge in [-0.25, -0.2) is 0 Å². The fraction of sp³-hybridized carbons (Fsp3) is 0.227. The molecule has 0 fully saturated rings. The Kier molecular flexibility index (Phi) is 6.61. The predicted molar refractivity (Wildman–Crippen MR) is 117 cm³/mol. The lowest BCUT2D eigenvalue weighted by atomic mass is 10.2. The van der Waals surface area contributed by atoms with Crippen molar-refractivity contribution in [3.8, 4) is 5.75 Å². The summed E-state index contributed by atoms with van der Waals surface area (Å²) in [7, 11) is 1.74. The van der Waals surface area contributed by atoms with Gasteiger partial charge < -0.3 is 14.6 Å². The molecule has 1 N–H and O–H groups in total. The molecule has 0 atom stereocenters. The van der Waals surface area contributed by atoms with Crippen LogP contribution in [0.5, 0.6) is 5.75 Å². The number of benzene rings is 2. The molecule has 1 amide bonds. The summed E-state index contributed by atoms with van der Waals surface area (Å²) >= 11 is 5.30. The van der Waals surface area contributed by atoms with Crippen molar-refractivity contribution in [3.05, 3.63) is 81.9 Å². The van der Waals surface area contributed by atoms with E-state index in [-0.39, 0.29) is 24.4 Å². The molecule has 0 aliphatic rings. The van der Waals surface area contributed by atoms with Gasteiger partial charge in [-0.3, -0.25) is 14.2 Å². The fourth-order valence-electron chi connectivity index (χ4n) is 3.01. The zero-order chi connectivity index (χ0) is 20.8. The maximum absolute atomic E-state index is 12.7. The zero-order valence-electron chi connectivity index (χ0n) is 16.3. The minimum absolute atomic E-state index is 0.0635. The van der Waals surface area contributed by atoms with Gasteiger partial charge in [0.2, 0.25) is 5.91 Å². The summed E-state index contributed by atoms with van der Waals surface area (Å²) < 4.78 is 7.22. The second kappa shape index (κ2) is 9.34. The number of hydrogen-bond acceptors (Lipinski definition) is 4. The van der Waals surface area contributed by atoms with Crippen molar-refractivity contribution in [2.75, 3.05) is 13.7 Å². The van der Waals surface area contributed by atoms with Crippen LogP contribution in [0.25, 0.3) is 10.9 Å². The molecule has 0 aliphatic carbocycles. The van der Waals surface area contributed by atoms with E-state index in [2.05, 4.69) is 11.6 Å². The Bertz CT molecular complexity index is 1130. The topological polar surface area (TPSA) is 67.3 Å². The van der Waals surface area contributed by atoms with Gasteiger partial charge in [0, 0.05) is 26.6 Å². The standard InChI is InChI=1S/C22H23N3O3S/c1-3-14-28-17-10-8-16(9-11-17)15-24(2)20(26)12-13-25-21(27)18-6-4-5-7-19(18)23-22(25)29/h3-11H,1,12-15H2,2H3,(H,23,29). The molecule has 1 aromatic heterocycles. The minimum Gasteiger partial charge on any atom is -0.490 e. The van der Waals surface area contributed by atoms with Crippen LogP contribution in [0.4, 0.5) is 0 Å². The van der Waals surface area contributed by atoms with Gasteiger partial charge in [0.25, 0.3) is 5.56 Å². The highest BCUT2D eigenvalue weighted by Crippen LogP contribution is 2.14. The SMILES string of the molecule is C=CCOc1ccc(CN(C)C(=O)CCn2c(=S)[nH]c3ccccc3c2=O)cc1. The molecule has 0 unspecified atom stereocenters. The Morgan fingerprint density at radius 2 is 1.97 bits per heavy atom. The Morgan fingerprint density at radius 1 is 1.24 bits per heavy atom. The van der Waals surface area contributed by atoms with E-state index in [1.165, 1.54) is 4.57 Å². The third kappa shape index (κ3) is 5.00. The van der Waals surface area contributed by atoms with Gasteiger partial charge in [0.1, 0.15) is 12.4 Å². The van der Waals surface area contributed by atoms with Crippen LogP contribution in [0.3, 0.4) is 0 Å². The van der Waals surface area contributed by atoms with E-state index in [4.69, 9.17) is 17.0 Å². The van der Waals surface area contributed by atoms with Crippen molar-refractivity contribution in [1.82, 2.24) is 14.5 Å². The van der Waals surface area contributed by atoms with Crippen LogP contribution in [-0.2, 0) is 17.9 Å². The average molecular weight is 410 g/mol. The monoisotopic (exact) mass is 409 g/mol. The molecule has 0 bridgehead atoms. The summed E-state index contributed by atoms with van der Waals surface area (Å²) in [5, 5.41) is 0.556. The van der Waals surface area contributed by atoms with Crippen LogP contribution in [0.1, 0.15) is 12.0 Å². The molecule has 2 aromatic carbocycles. The lowest BCUT2D eigenvalue weighted by molar-refractivity contribution is -0.130. The molecule has 0 saturated heterocycles. The van der Waals surface area contributed by atoms with Crippen LogP contribution in [0, 0.1) is 4.77 Å². The van der Waals surface area contributed by atoms with E-state index in [1.54, 1.807) is 30.2 Å². The maximum atomic E-state index is 12.7. The van der Waals surface area contributed by atoms with Gasteiger partial charge in [-0.1, -0.05) is 36.9 Å². The normalized spacial score (nSPS) is 10.7. The van der Waals surface area contributed by atoms with Crippen molar-refractivity contribution >= 4 is 29.0 Å². The van der Waals surface area contributed by atoms with E-state index >= 15 is 0 Å². The van der Waals surface area contributed by atoms with Gasteiger partial charge >= 0.3 is 0 Å². The molecule has 0 saturated carbocycles. The number of para-hydroxylation sites is 1. The summed E-state index contributed by atoms with van der Waals surface area (Å²) in [6, 6.07) is 14.8. The van der Waals surface area contributed by atoms with E-state index in [0.29, 0.717) is 28.8 Å². The van der Waals surface area contributed by atoms with Gasteiger partial charge in [-0.05, 0) is 42.0 Å². The van der Waals surface area contributed by atoms with Crippen LogP contribution < -0.4 is 10.3 Å². The van der Waals surface area contributed by atoms with Crippen molar-refractivity contribution in [1.29, 1.82) is 0 Å². The number of nitrogens with one attached hydrogen (secondary N) is 1. The smallest absolute Gasteiger partial charge is 0.262 e. The molecule has 3 aromatic rings. The number of carbonyl (C=O) groups excluding carboxylic acids is 1. The molecular formula is C22H23N3O3S. The Hall–Kier alpha value is -3.19. The zero-order valence-corrected chi connectivity index (χ0v) is 17.1. The highest BCUT2D eigenvalue weighted by atomic mass is 32.1. The number of H-pyrrole nitrogens is 1. The molecule has 0 spiro atoms. The first kappa shape index (κ1) is 20.5. The number of rotatable bonds is 8. The van der Waals surface area contributed by atoms with Crippen LogP contribution in [-0.4, -0.2) is 34.0 Å². The lowest BCUT2D eigenvalue weighted by Crippen LogP contribution is -2.29. The van der Waals surface area contributed by atoms with Gasteiger partial charge in [0.05, 0.1) is 10.9 Å². The molecule has 6 nitrogen and oxygen atoms in total. The fourth-order valence-corrected chi connectivity index (χ4v) is 3.29. The first-order valence-electron chi connectivity index (χ1n) is 9.28. The Balaban J connectivity index is 1.63. The highest BCUT2D eigenvalue weighted by Gasteiger charge is 2.12. The Morgan fingerprint density at radius 3 is 2.69 bits per heavy atom. The van der Waals surface area contributed by atoms with Crippen LogP contribution >= 0.6 is 12.2 Å². The third-order valence-electron chi connectivity index (χ3n) is 4.58. The molecule has 150 valence electrons. The van der Waals surface area contributed by atoms with Crippen molar-refractivity contribution in [2.45, 2.75) is 19.5 Å². The number of hydrogen-bond donors (Lipinski definition) is 1. The summed E-state index contributed by atoms with van der Waals surface area (Å²) in [5.41, 5.74) is 1.50. The number of aromatic amines is 1. The number of ether oxygens (including phenoxy) is 1. The molecule has 3 rings (SSSR count). The second-order valence-corrected chi connectivity index (χ2v) is 7.06. The van der Waals surface area contributed by atoms with E-state index in [9.17, 15) is 9.59 Å². The largest absolute Gasteiger partial charge is 0.490 e. The number of carbonyl (C=O) groups is 1. The maximum Gasteiger partial charge on any atom is 0.262 e. The molecule has 0 radical (unpaired) electrons. The van der Waals surface area contributed by atoms with Crippen molar-refractivity contribution < 1.29 is 9.53 Å². The lowest BCUT2D eigenvalue weighted by Gasteiger charge is -2.18. The molecular weight excluding hydrogens is 386 g/mol. The number of aromatic nitrogens is 2. The van der Waals surface area contributed by atoms with Crippen LogP contribution in [0.15, 0.2) is 66.0 Å². The quantitative estimate of drug-likeness (QED) is 0.455. The number of amides is 1. The summed E-state index contributed by atoms with van der Waals surface area (Å²) in [6.07, 6.45) is 1.87. The van der Waals surface area contributed by atoms with Crippen molar-refractivity contribution in [3.63, 3.8) is 0 Å². The first-order chi connectivity index (χ1) is 14.0. The van der Waals surface area contributed by atoms with E-state index in [1.807, 2.05) is 36.4 Å². The number of fused-ring (bicyclic) bond motifs is 1. The third-order valence-corrected chi connectivity index (χ3v) is 4.90. The van der Waals surface area contributed by atoms with Gasteiger partial charge in [0.15, 0.2) is 4.77 Å². The van der Waals surface area contributed by atoms with E-state index in [0.717, 1.165) is 11.3 Å². The molecule has 7 heteroatoms. The van der Waals surface area contributed by atoms with Gasteiger partial charge in [-0.2, -0.15) is 0 Å². The average Bonchev–Trinajstić information content (AvgIpc) is 2.73. The predicted octanol–water partition coefficient (Wildman–Crippen LogP) is 3.67. The molecule has 0 aliphatic heterocycles. The summed E-state index contributed by atoms with van der Waals surface area (Å²) in [6.45, 7) is 4.78.